The van der Waals surface area contributed by atoms with Crippen LogP contribution < -0.4 is 5.73 Å². The highest BCUT2D eigenvalue weighted by molar-refractivity contribution is 5.59. The molecule has 21 heavy (non-hydrogen) atoms. The summed E-state index contributed by atoms with van der Waals surface area (Å²) in [4.78, 5) is 4.33. The van der Waals surface area contributed by atoms with Crippen LogP contribution in [0.4, 0.5) is 4.39 Å². The minimum absolute atomic E-state index is 0.0353. The second-order valence-electron chi connectivity index (χ2n) is 6.70. The summed E-state index contributed by atoms with van der Waals surface area (Å²) < 4.78 is 18.6. The maximum absolute atomic E-state index is 13.3. The number of benzene rings is 1. The molecular formula is C16H22FN3O. The first-order valence-corrected chi connectivity index (χ1v) is 7.09. The van der Waals surface area contributed by atoms with Gasteiger partial charge in [0, 0.05) is 18.0 Å². The molecule has 2 N–H and O–H groups in total. The molecule has 5 heteroatoms. The zero-order chi connectivity index (χ0) is 15.6. The number of hydrogen-bond acceptors (Lipinski definition) is 4. The summed E-state index contributed by atoms with van der Waals surface area (Å²) in [6.45, 7) is 8.31. The summed E-state index contributed by atoms with van der Waals surface area (Å²) in [7, 11) is 0. The van der Waals surface area contributed by atoms with Gasteiger partial charge in [0.2, 0.25) is 11.7 Å². The lowest BCUT2D eigenvalue weighted by Gasteiger charge is -2.21. The molecule has 0 radical (unpaired) electrons. The molecule has 0 bridgehead atoms. The highest BCUT2D eigenvalue weighted by Crippen LogP contribution is 2.24. The lowest BCUT2D eigenvalue weighted by molar-refractivity contribution is 0.313. The van der Waals surface area contributed by atoms with Crippen molar-refractivity contribution in [3.05, 3.63) is 35.5 Å². The molecule has 1 aromatic heterocycles. The Kier molecular flexibility index (Phi) is 4.42. The third-order valence-electron chi connectivity index (χ3n) is 3.22. The Morgan fingerprint density at radius 3 is 2.71 bits per heavy atom. The molecular weight excluding hydrogens is 269 g/mol. The molecule has 0 fully saturated rings. The maximum atomic E-state index is 13.3. The summed E-state index contributed by atoms with van der Waals surface area (Å²) in [5, 5.41) is 3.93. The van der Waals surface area contributed by atoms with Crippen LogP contribution in [-0.4, -0.2) is 16.2 Å². The van der Waals surface area contributed by atoms with E-state index in [2.05, 4.69) is 30.9 Å². The topological polar surface area (TPSA) is 64.9 Å². The predicted molar refractivity (Wildman–Crippen MR) is 80.2 cm³/mol. The molecule has 0 saturated carbocycles. The standard InChI is InChI=1S/C16H22FN3O/c1-10-5-6-11(17)7-13(10)15-19-14(21-20-15)8-12(18)9-16(2,3)4/h5-7,12H,8-9,18H2,1-4H3. The van der Waals surface area contributed by atoms with Crippen LogP contribution in [0, 0.1) is 18.2 Å². The van der Waals surface area contributed by atoms with Gasteiger partial charge in [0.15, 0.2) is 0 Å². The molecule has 1 heterocycles. The molecule has 0 spiro atoms. The first-order valence-electron chi connectivity index (χ1n) is 7.09. The van der Waals surface area contributed by atoms with E-state index in [9.17, 15) is 4.39 Å². The van der Waals surface area contributed by atoms with Crippen LogP contribution in [0.1, 0.15) is 38.6 Å². The summed E-state index contributed by atoms with van der Waals surface area (Å²) in [5.41, 5.74) is 7.81. The van der Waals surface area contributed by atoms with E-state index in [1.165, 1.54) is 12.1 Å². The highest BCUT2D eigenvalue weighted by Gasteiger charge is 2.19. The van der Waals surface area contributed by atoms with Crippen molar-refractivity contribution < 1.29 is 8.91 Å². The molecule has 4 nitrogen and oxygen atoms in total. The zero-order valence-corrected chi connectivity index (χ0v) is 13.0. The van der Waals surface area contributed by atoms with Crippen molar-refractivity contribution in [2.45, 2.75) is 46.6 Å². The minimum atomic E-state index is -0.314. The van der Waals surface area contributed by atoms with Crippen LogP contribution in [-0.2, 0) is 6.42 Å². The molecule has 1 atom stereocenters. The third kappa shape index (κ3) is 4.36. The van der Waals surface area contributed by atoms with Gasteiger partial charge in [-0.25, -0.2) is 4.39 Å². The molecule has 0 aliphatic rings. The molecule has 1 aromatic carbocycles. The summed E-state index contributed by atoms with van der Waals surface area (Å²) in [5.74, 6) is 0.585. The normalized spacial score (nSPS) is 13.4. The van der Waals surface area contributed by atoms with E-state index in [1.807, 2.05) is 6.92 Å². The van der Waals surface area contributed by atoms with Gasteiger partial charge in [-0.3, -0.25) is 0 Å². The van der Waals surface area contributed by atoms with Gasteiger partial charge < -0.3 is 10.3 Å². The van der Waals surface area contributed by atoms with E-state index in [4.69, 9.17) is 10.3 Å². The quantitative estimate of drug-likeness (QED) is 0.936. The molecule has 0 amide bonds. The number of nitrogens with zero attached hydrogens (tertiary/aromatic N) is 2. The fourth-order valence-corrected chi connectivity index (χ4v) is 2.37. The van der Waals surface area contributed by atoms with Crippen molar-refractivity contribution in [3.63, 3.8) is 0 Å². The lowest BCUT2D eigenvalue weighted by Crippen LogP contribution is -2.28. The van der Waals surface area contributed by atoms with E-state index >= 15 is 0 Å². The lowest BCUT2D eigenvalue weighted by atomic mass is 9.87. The van der Waals surface area contributed by atoms with E-state index in [-0.39, 0.29) is 17.3 Å². The predicted octanol–water partition coefficient (Wildman–Crippen LogP) is 3.49. The van der Waals surface area contributed by atoms with Crippen LogP contribution >= 0.6 is 0 Å². The van der Waals surface area contributed by atoms with E-state index in [0.29, 0.717) is 23.7 Å². The van der Waals surface area contributed by atoms with E-state index < -0.39 is 0 Å². The van der Waals surface area contributed by atoms with E-state index in [0.717, 1.165) is 12.0 Å². The number of halogens is 1. The highest BCUT2D eigenvalue weighted by atomic mass is 19.1. The van der Waals surface area contributed by atoms with Gasteiger partial charge in [0.1, 0.15) is 5.82 Å². The van der Waals surface area contributed by atoms with Gasteiger partial charge in [-0.15, -0.1) is 0 Å². The van der Waals surface area contributed by atoms with Crippen molar-refractivity contribution in [1.82, 2.24) is 10.1 Å². The number of aryl methyl sites for hydroxylation is 1. The van der Waals surface area contributed by atoms with Crippen molar-refractivity contribution in [3.8, 4) is 11.4 Å². The minimum Gasteiger partial charge on any atom is -0.339 e. The number of aromatic nitrogens is 2. The molecule has 0 aliphatic carbocycles. The first-order chi connectivity index (χ1) is 9.74. The van der Waals surface area contributed by atoms with Crippen molar-refractivity contribution in [1.29, 1.82) is 0 Å². The zero-order valence-electron chi connectivity index (χ0n) is 13.0. The Hall–Kier alpha value is -1.75. The maximum Gasteiger partial charge on any atom is 0.228 e. The molecule has 0 saturated heterocycles. The SMILES string of the molecule is Cc1ccc(F)cc1-c1noc(CC(N)CC(C)(C)C)n1. The molecule has 2 rings (SSSR count). The smallest absolute Gasteiger partial charge is 0.228 e. The van der Waals surface area contributed by atoms with Crippen LogP contribution in [0.15, 0.2) is 22.7 Å². The monoisotopic (exact) mass is 291 g/mol. The fraction of sp³-hybridized carbons (Fsp3) is 0.500. The second-order valence-corrected chi connectivity index (χ2v) is 6.70. The Balaban J connectivity index is 2.13. The largest absolute Gasteiger partial charge is 0.339 e. The second kappa shape index (κ2) is 5.93. The number of hydrogen-bond donors (Lipinski definition) is 1. The molecule has 0 aliphatic heterocycles. The first kappa shape index (κ1) is 15.6. The van der Waals surface area contributed by atoms with Crippen molar-refractivity contribution >= 4 is 0 Å². The van der Waals surface area contributed by atoms with Gasteiger partial charge in [-0.2, -0.15) is 4.98 Å². The fourth-order valence-electron chi connectivity index (χ4n) is 2.37. The van der Waals surface area contributed by atoms with Gasteiger partial charge in [0.05, 0.1) is 0 Å². The van der Waals surface area contributed by atoms with Gasteiger partial charge >= 0.3 is 0 Å². The molecule has 1 unspecified atom stereocenters. The van der Waals surface area contributed by atoms with Crippen LogP contribution in [0.5, 0.6) is 0 Å². The molecule has 114 valence electrons. The number of nitrogens with two attached hydrogens (primary N) is 1. The van der Waals surface area contributed by atoms with Crippen molar-refractivity contribution in [2.75, 3.05) is 0 Å². The Bertz CT molecular complexity index is 616. The summed E-state index contributed by atoms with van der Waals surface area (Å²) in [6.07, 6.45) is 1.39. The van der Waals surface area contributed by atoms with E-state index in [1.54, 1.807) is 6.07 Å². The Morgan fingerprint density at radius 1 is 1.33 bits per heavy atom. The van der Waals surface area contributed by atoms with Gasteiger partial charge in [-0.1, -0.05) is 32.0 Å². The third-order valence-corrected chi connectivity index (χ3v) is 3.22. The average molecular weight is 291 g/mol. The summed E-state index contributed by atoms with van der Waals surface area (Å²) >= 11 is 0. The molecule has 2 aromatic rings. The average Bonchev–Trinajstić information content (AvgIpc) is 2.78. The van der Waals surface area contributed by atoms with Crippen molar-refractivity contribution in [2.24, 2.45) is 11.1 Å². The van der Waals surface area contributed by atoms with Gasteiger partial charge in [-0.05, 0) is 36.5 Å². The van der Waals surface area contributed by atoms with Gasteiger partial charge in [0.25, 0.3) is 0 Å². The van der Waals surface area contributed by atoms with Crippen LogP contribution in [0.25, 0.3) is 11.4 Å². The Labute approximate surface area is 124 Å². The number of rotatable bonds is 4. The van der Waals surface area contributed by atoms with Crippen LogP contribution in [0.2, 0.25) is 0 Å². The van der Waals surface area contributed by atoms with Crippen LogP contribution in [0.3, 0.4) is 0 Å². The Morgan fingerprint density at radius 2 is 2.05 bits per heavy atom. The summed E-state index contributed by atoms with van der Waals surface area (Å²) in [6, 6.07) is 4.50.